The van der Waals surface area contributed by atoms with E-state index in [2.05, 4.69) is 15.6 Å². The third-order valence-corrected chi connectivity index (χ3v) is 8.47. The smallest absolute Gasteiger partial charge is 0.279 e. The van der Waals surface area contributed by atoms with Gasteiger partial charge in [-0.1, -0.05) is 41.0 Å². The maximum Gasteiger partial charge on any atom is 0.279 e. The van der Waals surface area contributed by atoms with Crippen LogP contribution in [0.5, 0.6) is 0 Å². The number of hydrogen-bond donors (Lipinski definition) is 2. The van der Waals surface area contributed by atoms with Crippen LogP contribution >= 0.6 is 11.3 Å². The van der Waals surface area contributed by atoms with Crippen LogP contribution in [0.2, 0.25) is 0 Å². The first-order valence-electron chi connectivity index (χ1n) is 10.4. The van der Waals surface area contributed by atoms with Crippen molar-refractivity contribution in [3.8, 4) is 12.3 Å². The predicted molar refractivity (Wildman–Crippen MR) is 138 cm³/mol. The van der Waals surface area contributed by atoms with Gasteiger partial charge in [-0.2, -0.15) is 4.99 Å². The predicted octanol–water partition coefficient (Wildman–Crippen LogP) is 2.83. The lowest BCUT2D eigenvalue weighted by Gasteiger charge is -2.09. The van der Waals surface area contributed by atoms with E-state index in [1.54, 1.807) is 22.8 Å². The van der Waals surface area contributed by atoms with E-state index in [9.17, 15) is 21.6 Å². The summed E-state index contributed by atoms with van der Waals surface area (Å²) in [5.41, 5.74) is 1.86. The van der Waals surface area contributed by atoms with Crippen molar-refractivity contribution in [3.05, 3.63) is 82.7 Å². The number of hydrogen-bond acceptors (Lipinski definition) is 6. The maximum atomic E-state index is 13.0. The Bertz CT molecular complexity index is 1810. The van der Waals surface area contributed by atoms with Gasteiger partial charge in [0.2, 0.25) is 10.0 Å². The number of amides is 1. The Balaban J connectivity index is 1.70. The summed E-state index contributed by atoms with van der Waals surface area (Å²) in [6, 6.07) is 16.6. The molecular weight excluding hydrogens is 520 g/mol. The third-order valence-electron chi connectivity index (χ3n) is 5.12. The molecule has 0 aliphatic carbocycles. The van der Waals surface area contributed by atoms with Crippen molar-refractivity contribution in [2.45, 2.75) is 23.3 Å². The summed E-state index contributed by atoms with van der Waals surface area (Å²) >= 11 is 1.08. The number of nitrogens with one attached hydrogen (secondary N) is 1. The highest BCUT2D eigenvalue weighted by atomic mass is 32.2. The summed E-state index contributed by atoms with van der Waals surface area (Å²) in [5.74, 6) is 1.86. The molecule has 0 saturated carbocycles. The minimum Gasteiger partial charge on any atom is -0.305 e. The van der Waals surface area contributed by atoms with Crippen LogP contribution in [0.1, 0.15) is 15.9 Å². The number of nitrogens with zero attached hydrogens (tertiary/aromatic N) is 2. The molecule has 0 bridgehead atoms. The number of fused-ring (bicyclic) bond motifs is 1. The van der Waals surface area contributed by atoms with Crippen LogP contribution in [0, 0.1) is 19.3 Å². The second kappa shape index (κ2) is 9.71. The molecule has 0 aliphatic heterocycles. The molecule has 0 unspecified atom stereocenters. The van der Waals surface area contributed by atoms with Gasteiger partial charge in [0.05, 0.1) is 26.6 Å². The van der Waals surface area contributed by atoms with E-state index in [1.807, 2.05) is 6.92 Å². The van der Waals surface area contributed by atoms with Crippen LogP contribution in [0.15, 0.2) is 81.5 Å². The zero-order valence-electron chi connectivity index (χ0n) is 18.9. The Morgan fingerprint density at radius 3 is 2.42 bits per heavy atom. The Labute approximate surface area is 212 Å². The van der Waals surface area contributed by atoms with E-state index in [1.165, 1.54) is 48.5 Å². The number of primary sulfonamides is 1. The van der Waals surface area contributed by atoms with Crippen LogP contribution < -0.4 is 14.7 Å². The molecule has 1 amide bonds. The number of carbonyl (C=O) groups is 1. The van der Waals surface area contributed by atoms with Crippen LogP contribution in [0.25, 0.3) is 10.2 Å². The molecule has 3 N–H and O–H groups in total. The summed E-state index contributed by atoms with van der Waals surface area (Å²) in [7, 11) is -7.77. The van der Waals surface area contributed by atoms with Gasteiger partial charge < -0.3 is 4.57 Å². The van der Waals surface area contributed by atoms with Crippen molar-refractivity contribution in [1.82, 2.24) is 4.57 Å². The Kier molecular flexibility index (Phi) is 6.83. The molecule has 1 heterocycles. The highest BCUT2D eigenvalue weighted by molar-refractivity contribution is 7.92. The van der Waals surface area contributed by atoms with Crippen molar-refractivity contribution in [3.63, 3.8) is 0 Å². The number of thiazole rings is 1. The van der Waals surface area contributed by atoms with Gasteiger partial charge in [0.25, 0.3) is 15.9 Å². The number of sulfonamides is 2. The molecule has 0 atom stereocenters. The molecule has 9 nitrogen and oxygen atoms in total. The first kappa shape index (κ1) is 25.3. The van der Waals surface area contributed by atoms with E-state index >= 15 is 0 Å². The van der Waals surface area contributed by atoms with Crippen LogP contribution in [-0.2, 0) is 26.6 Å². The number of rotatable bonds is 6. The Morgan fingerprint density at radius 1 is 1.06 bits per heavy atom. The standard InChI is InChI=1S/C24H20N4O5S3/c1-3-13-28-21-12-11-20(35(25,30)31)15-22(21)34-24(28)26-23(29)17-5-4-6-18(14-17)27-36(32,33)19-9-7-16(2)8-10-19/h1,4-12,14-15,27H,13H2,2H3,(H2,25,30,31). The highest BCUT2D eigenvalue weighted by Gasteiger charge is 2.16. The largest absolute Gasteiger partial charge is 0.305 e. The number of terminal acetylenes is 1. The van der Waals surface area contributed by atoms with Gasteiger partial charge >= 0.3 is 0 Å². The van der Waals surface area contributed by atoms with E-state index in [0.717, 1.165) is 16.9 Å². The normalized spacial score (nSPS) is 12.4. The number of aromatic nitrogens is 1. The number of anilines is 1. The van der Waals surface area contributed by atoms with Crippen molar-refractivity contribution < 1.29 is 21.6 Å². The first-order chi connectivity index (χ1) is 17.0. The lowest BCUT2D eigenvalue weighted by Crippen LogP contribution is -2.17. The second-order valence-corrected chi connectivity index (χ2v) is 12.0. The lowest BCUT2D eigenvalue weighted by molar-refractivity contribution is 0.0998. The van der Waals surface area contributed by atoms with Crippen LogP contribution in [-0.4, -0.2) is 27.3 Å². The Morgan fingerprint density at radius 2 is 1.75 bits per heavy atom. The van der Waals surface area contributed by atoms with E-state index < -0.39 is 26.0 Å². The van der Waals surface area contributed by atoms with Crippen LogP contribution in [0.4, 0.5) is 5.69 Å². The molecule has 36 heavy (non-hydrogen) atoms. The quantitative estimate of drug-likeness (QED) is 0.362. The number of aryl methyl sites for hydroxylation is 1. The van der Waals surface area contributed by atoms with E-state index in [4.69, 9.17) is 11.6 Å². The molecule has 0 aliphatic rings. The highest BCUT2D eigenvalue weighted by Crippen LogP contribution is 2.22. The zero-order valence-corrected chi connectivity index (χ0v) is 21.3. The van der Waals surface area contributed by atoms with Crippen LogP contribution in [0.3, 0.4) is 0 Å². The summed E-state index contributed by atoms with van der Waals surface area (Å²) < 4.78 is 53.4. The van der Waals surface area contributed by atoms with E-state index in [0.29, 0.717) is 10.2 Å². The monoisotopic (exact) mass is 540 g/mol. The molecule has 4 aromatic rings. The second-order valence-electron chi connectivity index (χ2n) is 7.77. The molecule has 0 saturated heterocycles. The van der Waals surface area contributed by atoms with Gasteiger partial charge in [0.15, 0.2) is 4.80 Å². The summed E-state index contributed by atoms with van der Waals surface area (Å²) in [5, 5.41) is 5.22. The molecule has 1 aromatic heterocycles. The average molecular weight is 541 g/mol. The third kappa shape index (κ3) is 5.39. The summed E-state index contributed by atoms with van der Waals surface area (Å²) in [4.78, 5) is 17.4. The molecule has 0 fully saturated rings. The fourth-order valence-electron chi connectivity index (χ4n) is 3.36. The summed E-state index contributed by atoms with van der Waals surface area (Å²) in [6.45, 7) is 1.95. The van der Waals surface area contributed by atoms with Crippen molar-refractivity contribution in [2.75, 3.05) is 4.72 Å². The molecule has 3 aromatic carbocycles. The van der Waals surface area contributed by atoms with Gasteiger partial charge in [-0.05, 0) is 55.5 Å². The number of nitrogens with two attached hydrogens (primary N) is 1. The Hall–Kier alpha value is -3.76. The van der Waals surface area contributed by atoms with Crippen molar-refractivity contribution in [2.24, 2.45) is 10.1 Å². The fourth-order valence-corrected chi connectivity index (χ4v) is 6.09. The molecule has 12 heteroatoms. The average Bonchev–Trinajstić information content (AvgIpc) is 3.15. The number of carbonyl (C=O) groups excluding carboxylic acids is 1. The van der Waals surface area contributed by atoms with Gasteiger partial charge in [-0.3, -0.25) is 9.52 Å². The van der Waals surface area contributed by atoms with Gasteiger partial charge in [-0.25, -0.2) is 22.0 Å². The minimum atomic E-state index is -3.91. The minimum absolute atomic E-state index is 0.0736. The molecule has 0 radical (unpaired) electrons. The topological polar surface area (TPSA) is 141 Å². The van der Waals surface area contributed by atoms with E-state index in [-0.39, 0.29) is 32.4 Å². The molecular formula is C24H20N4O5S3. The van der Waals surface area contributed by atoms with Crippen molar-refractivity contribution >= 4 is 53.2 Å². The molecule has 0 spiro atoms. The fraction of sp³-hybridized carbons (Fsp3) is 0.0833. The zero-order chi connectivity index (χ0) is 26.1. The van der Waals surface area contributed by atoms with Gasteiger partial charge in [0, 0.05) is 11.3 Å². The van der Waals surface area contributed by atoms with Crippen molar-refractivity contribution in [1.29, 1.82) is 0 Å². The first-order valence-corrected chi connectivity index (χ1v) is 14.2. The maximum absolute atomic E-state index is 13.0. The number of benzene rings is 3. The molecule has 184 valence electrons. The molecule has 4 rings (SSSR count). The SMILES string of the molecule is C#CCn1c(=NC(=O)c2cccc(NS(=O)(=O)c3ccc(C)cc3)c2)sc2cc(S(N)(=O)=O)ccc21. The van der Waals surface area contributed by atoms with Gasteiger partial charge in [-0.15, -0.1) is 6.42 Å². The van der Waals surface area contributed by atoms with Gasteiger partial charge in [0.1, 0.15) is 0 Å². The summed E-state index contributed by atoms with van der Waals surface area (Å²) in [6.07, 6.45) is 5.48. The lowest BCUT2D eigenvalue weighted by atomic mass is 10.2.